The highest BCUT2D eigenvalue weighted by molar-refractivity contribution is 9.10. The van der Waals surface area contributed by atoms with Gasteiger partial charge < -0.3 is 0 Å². The smallest absolute Gasteiger partial charge is 0.241 e. The maximum Gasteiger partial charge on any atom is 0.241 e. The molecule has 1 aliphatic heterocycles. The van der Waals surface area contributed by atoms with Gasteiger partial charge in [-0.2, -0.15) is 0 Å². The molecular weight excluding hydrogens is 388 g/mol. The van der Waals surface area contributed by atoms with E-state index in [9.17, 15) is 8.42 Å². The highest BCUT2D eigenvalue weighted by Gasteiger charge is 2.25. The van der Waals surface area contributed by atoms with Crippen LogP contribution in [0.1, 0.15) is 18.4 Å². The minimum Gasteiger partial charge on any atom is -0.299 e. The summed E-state index contributed by atoms with van der Waals surface area (Å²) >= 11 is 3.32. The minimum absolute atomic E-state index is 0.00544. The second kappa shape index (κ2) is 7.78. The number of hydrogen-bond donors (Lipinski definition) is 1. The number of piperidine rings is 1. The molecule has 0 bridgehead atoms. The van der Waals surface area contributed by atoms with Gasteiger partial charge in [-0.25, -0.2) is 13.1 Å². The van der Waals surface area contributed by atoms with Crippen molar-refractivity contribution in [2.75, 3.05) is 13.1 Å². The highest BCUT2D eigenvalue weighted by atomic mass is 79.9. The Hall–Kier alpha value is -1.21. The summed E-state index contributed by atoms with van der Waals surface area (Å²) in [5, 5.41) is 0. The Morgan fingerprint density at radius 2 is 1.62 bits per heavy atom. The summed E-state index contributed by atoms with van der Waals surface area (Å²) in [6.45, 7) is 2.72. The molecule has 2 aromatic rings. The van der Waals surface area contributed by atoms with Crippen LogP contribution in [-0.4, -0.2) is 32.4 Å². The molecule has 3 rings (SSSR count). The van der Waals surface area contributed by atoms with Crippen LogP contribution in [0.5, 0.6) is 0 Å². The Bertz CT molecular complexity index is 773. The van der Waals surface area contributed by atoms with Crippen LogP contribution in [0.4, 0.5) is 0 Å². The number of rotatable bonds is 5. The van der Waals surface area contributed by atoms with Crippen LogP contribution in [0.2, 0.25) is 0 Å². The van der Waals surface area contributed by atoms with Crippen molar-refractivity contribution >= 4 is 26.0 Å². The van der Waals surface area contributed by atoms with Crippen molar-refractivity contribution in [2.24, 2.45) is 0 Å². The van der Waals surface area contributed by atoms with Gasteiger partial charge in [-0.1, -0.05) is 42.5 Å². The van der Waals surface area contributed by atoms with Crippen molar-refractivity contribution in [1.82, 2.24) is 9.62 Å². The van der Waals surface area contributed by atoms with Crippen molar-refractivity contribution in [3.63, 3.8) is 0 Å². The number of benzene rings is 2. The van der Waals surface area contributed by atoms with E-state index in [1.165, 1.54) is 5.56 Å². The standard InChI is InChI=1S/C18H21BrN2O2S/c19-17-8-4-5-9-18(17)24(22,23)20-16-10-12-21(13-11-16)14-15-6-2-1-3-7-15/h1-9,16,20H,10-14H2. The molecule has 1 saturated heterocycles. The van der Waals surface area contributed by atoms with Crippen molar-refractivity contribution in [1.29, 1.82) is 0 Å². The lowest BCUT2D eigenvalue weighted by molar-refractivity contribution is 0.200. The molecule has 6 heteroatoms. The predicted octanol–water partition coefficient (Wildman–Crippen LogP) is 3.39. The maximum atomic E-state index is 12.5. The lowest BCUT2D eigenvalue weighted by atomic mass is 10.1. The van der Waals surface area contributed by atoms with E-state index in [0.29, 0.717) is 9.37 Å². The van der Waals surface area contributed by atoms with Crippen LogP contribution in [0.25, 0.3) is 0 Å². The summed E-state index contributed by atoms with van der Waals surface area (Å²) < 4.78 is 28.5. The molecule has 24 heavy (non-hydrogen) atoms. The number of nitrogens with zero attached hydrogens (tertiary/aromatic N) is 1. The van der Waals surface area contributed by atoms with Crippen molar-refractivity contribution in [3.05, 3.63) is 64.6 Å². The molecule has 0 radical (unpaired) electrons. The van der Waals surface area contributed by atoms with Crippen LogP contribution in [0, 0.1) is 0 Å². The summed E-state index contributed by atoms with van der Waals surface area (Å²) in [7, 11) is -3.48. The summed E-state index contributed by atoms with van der Waals surface area (Å²) in [5.74, 6) is 0. The molecule has 0 unspecified atom stereocenters. The van der Waals surface area contributed by atoms with Crippen LogP contribution in [-0.2, 0) is 16.6 Å². The zero-order valence-corrected chi connectivity index (χ0v) is 15.8. The Morgan fingerprint density at radius 1 is 1.00 bits per heavy atom. The number of hydrogen-bond acceptors (Lipinski definition) is 3. The average molecular weight is 409 g/mol. The largest absolute Gasteiger partial charge is 0.299 e. The van der Waals surface area contributed by atoms with Gasteiger partial charge in [0.1, 0.15) is 0 Å². The molecule has 0 spiro atoms. The Labute approximate surface area is 152 Å². The maximum absolute atomic E-state index is 12.5. The Kier molecular flexibility index (Phi) is 5.71. The second-order valence-corrected chi connectivity index (χ2v) is 8.62. The van der Waals surface area contributed by atoms with Gasteiger partial charge in [0.15, 0.2) is 0 Å². The van der Waals surface area contributed by atoms with Crippen LogP contribution in [0.15, 0.2) is 64.0 Å². The molecule has 1 fully saturated rings. The van der Waals surface area contributed by atoms with E-state index < -0.39 is 10.0 Å². The van der Waals surface area contributed by atoms with E-state index in [-0.39, 0.29) is 6.04 Å². The summed E-state index contributed by atoms with van der Waals surface area (Å²) in [6, 6.07) is 17.3. The molecule has 0 aromatic heterocycles. The van der Waals surface area contributed by atoms with Crippen LogP contribution in [0.3, 0.4) is 0 Å². The molecule has 0 amide bonds. The third kappa shape index (κ3) is 4.45. The minimum atomic E-state index is -3.48. The summed E-state index contributed by atoms with van der Waals surface area (Å²) in [4.78, 5) is 2.68. The molecule has 1 aliphatic rings. The molecule has 1 heterocycles. The van der Waals surface area contributed by atoms with Gasteiger partial charge in [-0.3, -0.25) is 4.90 Å². The third-order valence-electron chi connectivity index (χ3n) is 4.28. The Balaban J connectivity index is 1.56. The monoisotopic (exact) mass is 408 g/mol. The molecule has 4 nitrogen and oxygen atoms in total. The fourth-order valence-corrected chi connectivity index (χ4v) is 5.30. The zero-order chi connectivity index (χ0) is 17.0. The van der Waals surface area contributed by atoms with Gasteiger partial charge >= 0.3 is 0 Å². The molecular formula is C18H21BrN2O2S. The molecule has 1 N–H and O–H groups in total. The first-order valence-electron chi connectivity index (χ1n) is 8.08. The fraction of sp³-hybridized carbons (Fsp3) is 0.333. The quantitative estimate of drug-likeness (QED) is 0.824. The van der Waals surface area contributed by atoms with E-state index >= 15 is 0 Å². The molecule has 128 valence electrons. The molecule has 2 aromatic carbocycles. The Morgan fingerprint density at radius 3 is 2.29 bits per heavy atom. The first-order chi connectivity index (χ1) is 11.5. The fourth-order valence-electron chi connectivity index (χ4n) is 3.00. The lowest BCUT2D eigenvalue weighted by Gasteiger charge is -2.32. The zero-order valence-electron chi connectivity index (χ0n) is 13.4. The normalized spacial score (nSPS) is 17.0. The topological polar surface area (TPSA) is 49.4 Å². The molecule has 0 aliphatic carbocycles. The van der Waals surface area contributed by atoms with E-state index in [1.807, 2.05) is 24.3 Å². The molecule has 0 saturated carbocycles. The highest BCUT2D eigenvalue weighted by Crippen LogP contribution is 2.22. The van der Waals surface area contributed by atoms with Gasteiger partial charge in [0, 0.05) is 30.1 Å². The number of nitrogens with one attached hydrogen (secondary N) is 1. The number of halogens is 1. The van der Waals surface area contributed by atoms with Gasteiger partial charge in [-0.05, 0) is 46.5 Å². The molecule has 0 atom stereocenters. The van der Waals surface area contributed by atoms with Crippen molar-refractivity contribution in [3.8, 4) is 0 Å². The van der Waals surface area contributed by atoms with E-state index in [2.05, 4.69) is 37.7 Å². The number of likely N-dealkylation sites (tertiary alicyclic amines) is 1. The van der Waals surface area contributed by atoms with Crippen LogP contribution < -0.4 is 4.72 Å². The summed E-state index contributed by atoms with van der Waals surface area (Å²) in [6.07, 6.45) is 1.66. The van der Waals surface area contributed by atoms with Crippen molar-refractivity contribution in [2.45, 2.75) is 30.3 Å². The predicted molar refractivity (Wildman–Crippen MR) is 99.2 cm³/mol. The van der Waals surface area contributed by atoms with E-state index in [4.69, 9.17) is 0 Å². The second-order valence-electron chi connectivity index (χ2n) is 6.09. The first kappa shape index (κ1) is 17.6. The van der Waals surface area contributed by atoms with Crippen molar-refractivity contribution < 1.29 is 8.42 Å². The number of sulfonamides is 1. The summed E-state index contributed by atoms with van der Waals surface area (Å²) in [5.41, 5.74) is 1.30. The van der Waals surface area contributed by atoms with E-state index in [0.717, 1.165) is 32.5 Å². The van der Waals surface area contributed by atoms with Gasteiger partial charge in [0.05, 0.1) is 4.90 Å². The average Bonchev–Trinajstić information content (AvgIpc) is 2.58. The SMILES string of the molecule is O=S(=O)(NC1CCN(Cc2ccccc2)CC1)c1ccccc1Br. The van der Waals surface area contributed by atoms with Gasteiger partial charge in [0.25, 0.3) is 0 Å². The van der Waals surface area contributed by atoms with Gasteiger partial charge in [0.2, 0.25) is 10.0 Å². The van der Waals surface area contributed by atoms with Crippen LogP contribution >= 0.6 is 15.9 Å². The van der Waals surface area contributed by atoms with E-state index in [1.54, 1.807) is 18.2 Å². The lowest BCUT2D eigenvalue weighted by Crippen LogP contribution is -2.44. The first-order valence-corrected chi connectivity index (χ1v) is 10.4. The van der Waals surface area contributed by atoms with Gasteiger partial charge in [-0.15, -0.1) is 0 Å². The third-order valence-corrected chi connectivity index (χ3v) is 6.82.